The third-order valence-electron chi connectivity index (χ3n) is 2.39. The number of carbonyl (C=O) groups is 2. The van der Waals surface area contributed by atoms with Crippen LogP contribution < -0.4 is 10.6 Å². The lowest BCUT2D eigenvalue weighted by Crippen LogP contribution is -2.43. The largest absolute Gasteiger partial charge is 0.480 e. The lowest BCUT2D eigenvalue weighted by molar-refractivity contribution is -0.139. The second kappa shape index (κ2) is 7.10. The Hall–Kier alpha value is -1.60. The van der Waals surface area contributed by atoms with Crippen molar-refractivity contribution in [2.75, 3.05) is 11.9 Å². The molecule has 104 valence electrons. The molecule has 0 bridgehead atoms. The number of urea groups is 1. The fourth-order valence-corrected chi connectivity index (χ4v) is 1.78. The molecule has 0 aliphatic carbocycles. The molecule has 0 saturated heterocycles. The lowest BCUT2D eigenvalue weighted by atomic mass is 10.2. The van der Waals surface area contributed by atoms with Gasteiger partial charge in [-0.25, -0.2) is 9.59 Å². The van der Waals surface area contributed by atoms with Crippen molar-refractivity contribution in [2.24, 2.45) is 0 Å². The summed E-state index contributed by atoms with van der Waals surface area (Å²) in [6.45, 7) is 1.56. The smallest absolute Gasteiger partial charge is 0.326 e. The van der Waals surface area contributed by atoms with Crippen molar-refractivity contribution in [3.63, 3.8) is 0 Å². The Labute approximate surface area is 118 Å². The Bertz CT molecular complexity index is 479. The van der Waals surface area contributed by atoms with Crippen LogP contribution in [0.25, 0.3) is 0 Å². The fourth-order valence-electron chi connectivity index (χ4n) is 1.44. The summed E-state index contributed by atoms with van der Waals surface area (Å²) in [4.78, 5) is 22.5. The zero-order chi connectivity index (χ0) is 14.4. The fraction of sp³-hybridized carbons (Fsp3) is 0.333. The van der Waals surface area contributed by atoms with Gasteiger partial charge in [0.25, 0.3) is 0 Å². The zero-order valence-corrected chi connectivity index (χ0v) is 11.9. The molecule has 1 aromatic carbocycles. The summed E-state index contributed by atoms with van der Waals surface area (Å²) in [5, 5.41) is 22.4. The number of aliphatic hydroxyl groups is 1. The summed E-state index contributed by atoms with van der Waals surface area (Å²) < 4.78 is 0.697. The molecule has 1 aromatic rings. The van der Waals surface area contributed by atoms with Crippen molar-refractivity contribution >= 4 is 33.6 Å². The van der Waals surface area contributed by atoms with E-state index in [1.807, 2.05) is 13.0 Å². The number of halogens is 1. The third-order valence-corrected chi connectivity index (χ3v) is 3.08. The number of nitrogens with one attached hydrogen (secondary N) is 2. The molecule has 0 radical (unpaired) electrons. The molecule has 2 amide bonds. The molecule has 0 saturated carbocycles. The van der Waals surface area contributed by atoms with Crippen LogP contribution in [0.1, 0.15) is 12.0 Å². The van der Waals surface area contributed by atoms with Gasteiger partial charge in [0.1, 0.15) is 6.04 Å². The standard InChI is InChI=1S/C12H15BrN2O4/c1-7-2-3-8(13)10(6-7)15-12(19)14-9(4-5-16)11(17)18/h2-3,6,9,16H,4-5H2,1H3,(H,17,18)(H2,14,15,19)/t9-/m0/s1. The lowest BCUT2D eigenvalue weighted by Gasteiger charge is -2.14. The number of hydrogen-bond donors (Lipinski definition) is 4. The number of aliphatic carboxylic acids is 1. The Kier molecular flexibility index (Phi) is 5.78. The van der Waals surface area contributed by atoms with Crippen molar-refractivity contribution < 1.29 is 19.8 Å². The van der Waals surface area contributed by atoms with E-state index >= 15 is 0 Å². The van der Waals surface area contributed by atoms with Gasteiger partial charge in [0.15, 0.2) is 0 Å². The van der Waals surface area contributed by atoms with Gasteiger partial charge in [-0.2, -0.15) is 0 Å². The van der Waals surface area contributed by atoms with Crippen LogP contribution in [0.2, 0.25) is 0 Å². The molecule has 0 aromatic heterocycles. The van der Waals surface area contributed by atoms with Gasteiger partial charge in [-0.1, -0.05) is 6.07 Å². The number of aliphatic hydroxyl groups excluding tert-OH is 1. The molecular formula is C12H15BrN2O4. The van der Waals surface area contributed by atoms with Crippen molar-refractivity contribution in [2.45, 2.75) is 19.4 Å². The summed E-state index contributed by atoms with van der Waals surface area (Å²) >= 11 is 3.29. The first kappa shape index (κ1) is 15.5. The van der Waals surface area contributed by atoms with Gasteiger partial charge in [-0.05, 0) is 40.5 Å². The predicted octanol–water partition coefficient (Wildman–Crippen LogP) is 1.71. The van der Waals surface area contributed by atoms with Crippen LogP contribution in [0.15, 0.2) is 22.7 Å². The molecule has 1 atom stereocenters. The number of aryl methyl sites for hydroxylation is 1. The maximum Gasteiger partial charge on any atom is 0.326 e. The Morgan fingerprint density at radius 3 is 2.68 bits per heavy atom. The van der Waals surface area contributed by atoms with E-state index in [0.29, 0.717) is 10.2 Å². The zero-order valence-electron chi connectivity index (χ0n) is 10.3. The van der Waals surface area contributed by atoms with Crippen molar-refractivity contribution in [1.82, 2.24) is 5.32 Å². The second-order valence-electron chi connectivity index (χ2n) is 3.98. The molecule has 0 fully saturated rings. The highest BCUT2D eigenvalue weighted by atomic mass is 79.9. The highest BCUT2D eigenvalue weighted by Gasteiger charge is 2.19. The SMILES string of the molecule is Cc1ccc(Br)c(NC(=O)N[C@@H](CCO)C(=O)O)c1. The number of carbonyl (C=O) groups excluding carboxylic acids is 1. The topological polar surface area (TPSA) is 98.7 Å². The summed E-state index contributed by atoms with van der Waals surface area (Å²) in [5.41, 5.74) is 1.51. The summed E-state index contributed by atoms with van der Waals surface area (Å²) in [7, 11) is 0. The number of carboxylic acid groups (broad SMARTS) is 1. The minimum atomic E-state index is -1.19. The van der Waals surface area contributed by atoms with Crippen LogP contribution >= 0.6 is 15.9 Å². The Morgan fingerprint density at radius 1 is 1.42 bits per heavy atom. The average molecular weight is 331 g/mol. The predicted molar refractivity (Wildman–Crippen MR) is 74.2 cm³/mol. The van der Waals surface area contributed by atoms with Gasteiger partial charge in [-0.3, -0.25) is 0 Å². The minimum absolute atomic E-state index is 0.0439. The van der Waals surface area contributed by atoms with Crippen LogP contribution in [-0.2, 0) is 4.79 Å². The summed E-state index contributed by atoms with van der Waals surface area (Å²) in [5.74, 6) is -1.19. The van der Waals surface area contributed by atoms with E-state index < -0.39 is 18.0 Å². The summed E-state index contributed by atoms with van der Waals surface area (Å²) in [6, 6.07) is 3.67. The van der Waals surface area contributed by atoms with E-state index in [4.69, 9.17) is 10.2 Å². The number of hydrogen-bond acceptors (Lipinski definition) is 3. The molecule has 7 heteroatoms. The highest BCUT2D eigenvalue weighted by Crippen LogP contribution is 2.23. The van der Waals surface area contributed by atoms with Crippen molar-refractivity contribution in [1.29, 1.82) is 0 Å². The van der Waals surface area contributed by atoms with Crippen molar-refractivity contribution in [3.05, 3.63) is 28.2 Å². The first-order valence-electron chi connectivity index (χ1n) is 5.61. The monoisotopic (exact) mass is 330 g/mol. The van der Waals surface area contributed by atoms with Crippen molar-refractivity contribution in [3.8, 4) is 0 Å². The third kappa shape index (κ3) is 4.88. The van der Waals surface area contributed by atoms with Gasteiger partial charge in [0.05, 0.1) is 5.69 Å². The molecule has 0 unspecified atom stereocenters. The quantitative estimate of drug-likeness (QED) is 0.660. The van der Waals surface area contributed by atoms with E-state index in [2.05, 4.69) is 26.6 Å². The Morgan fingerprint density at radius 2 is 2.11 bits per heavy atom. The number of rotatable bonds is 5. The maximum atomic E-state index is 11.7. The first-order valence-corrected chi connectivity index (χ1v) is 6.40. The first-order chi connectivity index (χ1) is 8.93. The molecule has 6 nitrogen and oxygen atoms in total. The van der Waals surface area contributed by atoms with E-state index in [9.17, 15) is 9.59 Å². The highest BCUT2D eigenvalue weighted by molar-refractivity contribution is 9.10. The van der Waals surface area contributed by atoms with E-state index in [1.54, 1.807) is 12.1 Å². The van der Waals surface area contributed by atoms with Crippen LogP contribution in [0.3, 0.4) is 0 Å². The van der Waals surface area contributed by atoms with Crippen LogP contribution in [-0.4, -0.2) is 34.9 Å². The average Bonchev–Trinajstić information content (AvgIpc) is 2.33. The molecule has 0 aliphatic heterocycles. The Balaban J connectivity index is 2.68. The van der Waals surface area contributed by atoms with Crippen LogP contribution in [0.4, 0.5) is 10.5 Å². The van der Waals surface area contributed by atoms with Gasteiger partial charge >= 0.3 is 12.0 Å². The molecule has 0 aliphatic rings. The van der Waals surface area contributed by atoms with Crippen LogP contribution in [0, 0.1) is 6.92 Å². The van der Waals surface area contributed by atoms with Gasteiger partial charge in [0.2, 0.25) is 0 Å². The number of benzene rings is 1. The minimum Gasteiger partial charge on any atom is -0.480 e. The molecule has 19 heavy (non-hydrogen) atoms. The molecule has 4 N–H and O–H groups in total. The molecular weight excluding hydrogens is 316 g/mol. The van der Waals surface area contributed by atoms with Gasteiger partial charge < -0.3 is 20.8 Å². The molecule has 1 rings (SSSR count). The van der Waals surface area contributed by atoms with E-state index in [0.717, 1.165) is 5.56 Å². The van der Waals surface area contributed by atoms with E-state index in [-0.39, 0.29) is 13.0 Å². The van der Waals surface area contributed by atoms with Gasteiger partial charge in [0, 0.05) is 17.5 Å². The van der Waals surface area contributed by atoms with E-state index in [1.165, 1.54) is 0 Å². The second-order valence-corrected chi connectivity index (χ2v) is 4.84. The maximum absolute atomic E-state index is 11.7. The number of anilines is 1. The molecule has 0 spiro atoms. The number of carboxylic acids is 1. The molecule has 0 heterocycles. The van der Waals surface area contributed by atoms with Gasteiger partial charge in [-0.15, -0.1) is 0 Å². The van der Waals surface area contributed by atoms with Crippen LogP contribution in [0.5, 0.6) is 0 Å². The number of amides is 2. The summed E-state index contributed by atoms with van der Waals surface area (Å²) in [6.07, 6.45) is -0.0439. The normalized spacial score (nSPS) is 11.7.